The molecule has 6 nitrogen and oxygen atoms in total. The van der Waals surface area contributed by atoms with Crippen molar-refractivity contribution < 1.29 is 22.7 Å². The third kappa shape index (κ3) is 5.99. The maximum absolute atomic E-state index is 12.7. The molecule has 0 bridgehead atoms. The van der Waals surface area contributed by atoms with Gasteiger partial charge in [-0.05, 0) is 12.5 Å². The van der Waals surface area contributed by atoms with Gasteiger partial charge in [-0.25, -0.2) is 4.98 Å². The second-order valence-electron chi connectivity index (χ2n) is 6.05. The van der Waals surface area contributed by atoms with Crippen LogP contribution in [0.4, 0.5) is 19.0 Å². The normalized spacial score (nSPS) is 22.6. The largest absolute Gasteiger partial charge is 0.417 e. The van der Waals surface area contributed by atoms with E-state index in [1.165, 1.54) is 0 Å². The van der Waals surface area contributed by atoms with E-state index in [1.54, 1.807) is 4.90 Å². The third-order valence-corrected chi connectivity index (χ3v) is 4.50. The van der Waals surface area contributed by atoms with Crippen LogP contribution in [0.3, 0.4) is 0 Å². The Kier molecular flexibility index (Phi) is 8.88. The Morgan fingerprint density at radius 2 is 2.15 bits per heavy atom. The Labute approximate surface area is 172 Å². The first kappa shape index (κ1) is 24.0. The van der Waals surface area contributed by atoms with E-state index in [2.05, 4.69) is 15.6 Å². The lowest BCUT2D eigenvalue weighted by molar-refractivity contribution is -0.137. The molecule has 1 amide bonds. The van der Waals surface area contributed by atoms with Gasteiger partial charge >= 0.3 is 6.18 Å². The van der Waals surface area contributed by atoms with Crippen molar-refractivity contribution in [1.29, 1.82) is 0 Å². The molecule has 0 aliphatic carbocycles. The number of hydrogen-bond donors (Lipinski definition) is 2. The van der Waals surface area contributed by atoms with Gasteiger partial charge in [0.1, 0.15) is 11.9 Å². The summed E-state index contributed by atoms with van der Waals surface area (Å²) in [5.74, 6) is 0.156. The van der Waals surface area contributed by atoms with E-state index in [1.807, 2.05) is 0 Å². The van der Waals surface area contributed by atoms with Crippen LogP contribution in [0.1, 0.15) is 12.0 Å². The molecule has 154 valence electrons. The predicted octanol–water partition coefficient (Wildman–Crippen LogP) is 2.28. The maximum Gasteiger partial charge on any atom is 0.417 e. The summed E-state index contributed by atoms with van der Waals surface area (Å²) in [6.07, 6.45) is -3.04. The molecule has 0 spiro atoms. The van der Waals surface area contributed by atoms with Crippen molar-refractivity contribution in [2.45, 2.75) is 24.7 Å². The van der Waals surface area contributed by atoms with Crippen LogP contribution in [0.25, 0.3) is 0 Å². The summed E-state index contributed by atoms with van der Waals surface area (Å²) < 4.78 is 43.3. The quantitative estimate of drug-likeness (QED) is 0.738. The van der Waals surface area contributed by atoms with Gasteiger partial charge in [-0.15, -0.1) is 24.8 Å². The number of alkyl halides is 3. The Bertz CT molecular complexity index is 645. The van der Waals surface area contributed by atoms with Gasteiger partial charge < -0.3 is 20.3 Å². The number of ether oxygens (including phenoxy) is 1. The molecule has 2 saturated heterocycles. The summed E-state index contributed by atoms with van der Waals surface area (Å²) in [4.78, 5) is 17.8. The molecule has 3 rings (SSSR count). The minimum absolute atomic E-state index is 0. The third-order valence-electron chi connectivity index (χ3n) is 4.22. The number of halogens is 6. The van der Waals surface area contributed by atoms with E-state index >= 15 is 0 Å². The predicted molar refractivity (Wildman–Crippen MR) is 100 cm³/mol. The van der Waals surface area contributed by atoms with Gasteiger partial charge in [0.2, 0.25) is 5.91 Å². The summed E-state index contributed by atoms with van der Waals surface area (Å²) in [5.41, 5.74) is -0.881. The van der Waals surface area contributed by atoms with Crippen molar-refractivity contribution in [3.05, 3.63) is 22.8 Å². The van der Waals surface area contributed by atoms with Crippen molar-refractivity contribution in [1.82, 2.24) is 15.6 Å². The van der Waals surface area contributed by atoms with E-state index in [4.69, 9.17) is 16.3 Å². The summed E-state index contributed by atoms with van der Waals surface area (Å²) in [6.45, 7) is 2.53. The smallest absolute Gasteiger partial charge is 0.378 e. The monoisotopic (exact) mass is 450 g/mol. The standard InChI is InChI=1S/C15H18ClF3N4O2.2ClH/c16-11-5-9(15(17,18)19)6-21-13(11)23-3-1-10(7-23)22-14(24)12-8-25-4-2-20-12;;/h5-6,10,12,20H,1-4,7-8H2,(H,22,24);2*1H. The summed E-state index contributed by atoms with van der Waals surface area (Å²) >= 11 is 5.97. The maximum atomic E-state index is 12.7. The Morgan fingerprint density at radius 3 is 2.74 bits per heavy atom. The fourth-order valence-electron chi connectivity index (χ4n) is 2.92. The zero-order chi connectivity index (χ0) is 18.0. The van der Waals surface area contributed by atoms with Crippen LogP contribution in [-0.2, 0) is 15.7 Å². The highest BCUT2D eigenvalue weighted by atomic mass is 35.5. The molecule has 0 aromatic carbocycles. The van der Waals surface area contributed by atoms with E-state index in [0.29, 0.717) is 45.1 Å². The lowest BCUT2D eigenvalue weighted by atomic mass is 10.2. The first-order chi connectivity index (χ1) is 11.8. The van der Waals surface area contributed by atoms with Crippen LogP contribution in [0.2, 0.25) is 5.02 Å². The Morgan fingerprint density at radius 1 is 1.41 bits per heavy atom. The van der Waals surface area contributed by atoms with Crippen molar-refractivity contribution in [2.24, 2.45) is 0 Å². The zero-order valence-electron chi connectivity index (χ0n) is 14.1. The lowest BCUT2D eigenvalue weighted by Crippen LogP contribution is -2.53. The number of morpholine rings is 1. The number of carbonyl (C=O) groups excluding carboxylic acids is 1. The van der Waals surface area contributed by atoms with Gasteiger partial charge in [-0.2, -0.15) is 13.2 Å². The molecule has 2 unspecified atom stereocenters. The van der Waals surface area contributed by atoms with Gasteiger partial charge in [-0.1, -0.05) is 11.6 Å². The number of anilines is 1. The zero-order valence-corrected chi connectivity index (χ0v) is 16.5. The molecule has 1 aromatic rings. The SMILES string of the molecule is Cl.Cl.O=C(NC1CCN(c2ncc(C(F)(F)F)cc2Cl)C1)C1COCCN1. The molecule has 2 N–H and O–H groups in total. The number of rotatable bonds is 3. The van der Waals surface area contributed by atoms with Gasteiger partial charge in [0.05, 0.1) is 23.8 Å². The average molecular weight is 452 g/mol. The van der Waals surface area contributed by atoms with Gasteiger partial charge in [-0.3, -0.25) is 4.79 Å². The van der Waals surface area contributed by atoms with Crippen LogP contribution in [0.5, 0.6) is 0 Å². The average Bonchev–Trinajstić information content (AvgIpc) is 3.03. The minimum Gasteiger partial charge on any atom is -0.378 e. The summed E-state index contributed by atoms with van der Waals surface area (Å²) in [7, 11) is 0. The molecule has 2 atom stereocenters. The Hall–Kier alpha value is -1.00. The van der Waals surface area contributed by atoms with E-state index in [-0.39, 0.29) is 47.8 Å². The van der Waals surface area contributed by atoms with Crippen molar-refractivity contribution >= 4 is 48.1 Å². The van der Waals surface area contributed by atoms with Crippen molar-refractivity contribution in [2.75, 3.05) is 37.7 Å². The highest BCUT2D eigenvalue weighted by Crippen LogP contribution is 2.34. The van der Waals surface area contributed by atoms with Crippen LogP contribution in [0, 0.1) is 0 Å². The molecular weight excluding hydrogens is 432 g/mol. The second-order valence-corrected chi connectivity index (χ2v) is 6.46. The molecule has 2 aliphatic rings. The molecular formula is C15H20Cl3F3N4O2. The highest BCUT2D eigenvalue weighted by molar-refractivity contribution is 6.33. The van der Waals surface area contributed by atoms with Crippen molar-refractivity contribution in [3.63, 3.8) is 0 Å². The molecule has 0 saturated carbocycles. The van der Waals surface area contributed by atoms with E-state index in [9.17, 15) is 18.0 Å². The van der Waals surface area contributed by atoms with Gasteiger partial charge in [0, 0.05) is 31.9 Å². The number of pyridine rings is 1. The fraction of sp³-hybridized carbons (Fsp3) is 0.600. The number of carbonyl (C=O) groups is 1. The topological polar surface area (TPSA) is 66.5 Å². The number of nitrogens with one attached hydrogen (secondary N) is 2. The van der Waals surface area contributed by atoms with Gasteiger partial charge in [0.25, 0.3) is 0 Å². The lowest BCUT2D eigenvalue weighted by Gasteiger charge is -2.25. The molecule has 3 heterocycles. The molecule has 1 aromatic heterocycles. The molecule has 27 heavy (non-hydrogen) atoms. The first-order valence-electron chi connectivity index (χ1n) is 7.94. The number of nitrogens with zero attached hydrogens (tertiary/aromatic N) is 2. The van der Waals surface area contributed by atoms with Crippen LogP contribution >= 0.6 is 36.4 Å². The summed E-state index contributed by atoms with van der Waals surface area (Å²) in [5, 5.41) is 5.95. The number of amides is 1. The first-order valence-corrected chi connectivity index (χ1v) is 8.31. The molecule has 12 heteroatoms. The Balaban J connectivity index is 0.00000182. The summed E-state index contributed by atoms with van der Waals surface area (Å²) in [6, 6.07) is 0.381. The highest BCUT2D eigenvalue weighted by Gasteiger charge is 2.33. The van der Waals surface area contributed by atoms with E-state index in [0.717, 1.165) is 12.3 Å². The van der Waals surface area contributed by atoms with E-state index < -0.39 is 11.7 Å². The van der Waals surface area contributed by atoms with Crippen LogP contribution in [0.15, 0.2) is 12.3 Å². The molecule has 2 aliphatic heterocycles. The number of aromatic nitrogens is 1. The van der Waals surface area contributed by atoms with Crippen LogP contribution < -0.4 is 15.5 Å². The number of hydrogen-bond acceptors (Lipinski definition) is 5. The minimum atomic E-state index is -4.48. The van der Waals surface area contributed by atoms with Gasteiger partial charge in [0.15, 0.2) is 0 Å². The van der Waals surface area contributed by atoms with Crippen molar-refractivity contribution in [3.8, 4) is 0 Å². The van der Waals surface area contributed by atoms with Crippen LogP contribution in [-0.4, -0.2) is 55.8 Å². The fourth-order valence-corrected chi connectivity index (χ4v) is 3.21. The second kappa shape index (κ2) is 9.97. The molecule has 2 fully saturated rings. The molecule has 0 radical (unpaired) electrons.